The van der Waals surface area contributed by atoms with Crippen LogP contribution in [0.1, 0.15) is 35.4 Å². The molecule has 0 aliphatic carbocycles. The van der Waals surface area contributed by atoms with Crippen LogP contribution >= 0.6 is 59.1 Å². The number of thiophene rings is 1. The van der Waals surface area contributed by atoms with Crippen LogP contribution in [0.15, 0.2) is 37.0 Å². The average Bonchev–Trinajstić information content (AvgIpc) is 2.74. The van der Waals surface area contributed by atoms with Gasteiger partial charge in [-0.15, -0.1) is 11.3 Å². The summed E-state index contributed by atoms with van der Waals surface area (Å²) in [4.78, 5) is 1.32. The Bertz CT molecular complexity index is 575. The number of benzene rings is 1. The summed E-state index contributed by atoms with van der Waals surface area (Å²) >= 11 is 12.6. The van der Waals surface area contributed by atoms with E-state index in [2.05, 4.69) is 91.2 Å². The lowest BCUT2D eigenvalue weighted by Gasteiger charge is -2.20. The van der Waals surface area contributed by atoms with Crippen LogP contribution in [0.4, 0.5) is 0 Å². The topological polar surface area (TPSA) is 12.0 Å². The molecule has 2 rings (SSSR count). The Morgan fingerprint density at radius 1 is 1.20 bits per heavy atom. The number of halogens is 3. The van der Waals surface area contributed by atoms with E-state index < -0.39 is 0 Å². The second kappa shape index (κ2) is 7.54. The van der Waals surface area contributed by atoms with Gasteiger partial charge in [0.05, 0.1) is 9.83 Å². The Hall–Kier alpha value is 0.320. The van der Waals surface area contributed by atoms with Crippen molar-refractivity contribution in [3.63, 3.8) is 0 Å². The van der Waals surface area contributed by atoms with Gasteiger partial charge in [0.1, 0.15) is 0 Å². The lowest BCUT2D eigenvalue weighted by Crippen LogP contribution is -2.23. The lowest BCUT2D eigenvalue weighted by molar-refractivity contribution is 0.603. The van der Waals surface area contributed by atoms with Gasteiger partial charge >= 0.3 is 0 Å². The molecule has 0 aliphatic rings. The van der Waals surface area contributed by atoms with Crippen molar-refractivity contribution in [2.75, 3.05) is 6.54 Å². The molecule has 108 valence electrons. The highest BCUT2D eigenvalue weighted by Gasteiger charge is 2.19. The first-order chi connectivity index (χ1) is 9.54. The monoisotopic (exact) mass is 479 g/mol. The molecule has 0 fully saturated rings. The van der Waals surface area contributed by atoms with Gasteiger partial charge in [-0.2, -0.15) is 0 Å². The molecule has 2 aromatic rings. The summed E-state index contributed by atoms with van der Waals surface area (Å²) in [6.07, 6.45) is 1.12. The largest absolute Gasteiger partial charge is 0.306 e. The third-order valence-electron chi connectivity index (χ3n) is 3.17. The Balaban J connectivity index is 2.44. The summed E-state index contributed by atoms with van der Waals surface area (Å²) in [6, 6.07) is 8.83. The molecule has 0 aliphatic heterocycles. The zero-order valence-electron chi connectivity index (χ0n) is 11.3. The molecule has 20 heavy (non-hydrogen) atoms. The molecule has 1 nitrogen and oxygen atoms in total. The quantitative estimate of drug-likeness (QED) is 0.518. The summed E-state index contributed by atoms with van der Waals surface area (Å²) in [6.45, 7) is 5.36. The number of rotatable bonds is 5. The van der Waals surface area contributed by atoms with E-state index in [9.17, 15) is 0 Å². The number of hydrogen-bond acceptors (Lipinski definition) is 2. The van der Waals surface area contributed by atoms with Gasteiger partial charge in [0.2, 0.25) is 0 Å². The van der Waals surface area contributed by atoms with E-state index in [0.717, 1.165) is 25.7 Å². The molecular weight excluding hydrogens is 466 g/mol. The molecule has 0 saturated carbocycles. The normalized spacial score (nSPS) is 12.7. The molecule has 5 heteroatoms. The minimum atomic E-state index is 0.236. The zero-order valence-corrected chi connectivity index (χ0v) is 16.9. The van der Waals surface area contributed by atoms with E-state index in [1.54, 1.807) is 11.3 Å². The highest BCUT2D eigenvalue weighted by Crippen LogP contribution is 2.39. The minimum absolute atomic E-state index is 0.236. The average molecular weight is 482 g/mol. The second-order valence-corrected chi connectivity index (χ2v) is 8.72. The molecule has 1 atom stereocenters. The summed E-state index contributed by atoms with van der Waals surface area (Å²) in [5, 5.41) is 3.66. The van der Waals surface area contributed by atoms with E-state index >= 15 is 0 Å². The lowest BCUT2D eigenvalue weighted by atomic mass is 10.00. The highest BCUT2D eigenvalue weighted by molar-refractivity contribution is 9.13. The van der Waals surface area contributed by atoms with Gasteiger partial charge in [-0.05, 0) is 75.0 Å². The van der Waals surface area contributed by atoms with Crippen LogP contribution in [0.2, 0.25) is 0 Å². The molecule has 0 amide bonds. The van der Waals surface area contributed by atoms with Gasteiger partial charge in [-0.3, -0.25) is 0 Å². The summed E-state index contributed by atoms with van der Waals surface area (Å²) in [7, 11) is 0. The fourth-order valence-corrected chi connectivity index (χ4v) is 4.66. The number of hydrogen-bond donors (Lipinski definition) is 1. The van der Waals surface area contributed by atoms with Gasteiger partial charge < -0.3 is 5.32 Å². The van der Waals surface area contributed by atoms with Crippen molar-refractivity contribution in [2.24, 2.45) is 0 Å². The van der Waals surface area contributed by atoms with Crippen molar-refractivity contribution >= 4 is 59.1 Å². The third-order valence-corrected chi connectivity index (χ3v) is 7.35. The smallest absolute Gasteiger partial charge is 0.0843 e. The number of nitrogens with one attached hydrogen (secondary N) is 1. The Morgan fingerprint density at radius 2 is 1.95 bits per heavy atom. The van der Waals surface area contributed by atoms with E-state index in [1.807, 2.05) is 0 Å². The van der Waals surface area contributed by atoms with Crippen LogP contribution in [0.25, 0.3) is 0 Å². The van der Waals surface area contributed by atoms with Crippen LogP contribution in [-0.4, -0.2) is 6.54 Å². The van der Waals surface area contributed by atoms with Crippen LogP contribution < -0.4 is 5.32 Å². The van der Waals surface area contributed by atoms with E-state index in [1.165, 1.54) is 16.0 Å². The predicted octanol–water partition coefficient (Wildman–Crippen LogP) is 6.43. The van der Waals surface area contributed by atoms with Crippen molar-refractivity contribution in [1.29, 1.82) is 0 Å². The molecule has 0 radical (unpaired) electrons. The Labute approximate surface area is 149 Å². The first kappa shape index (κ1) is 16.7. The molecule has 0 bridgehead atoms. The summed E-state index contributed by atoms with van der Waals surface area (Å²) < 4.78 is 3.42. The minimum Gasteiger partial charge on any atom is -0.306 e. The Morgan fingerprint density at radius 3 is 2.55 bits per heavy atom. The van der Waals surface area contributed by atoms with Crippen molar-refractivity contribution in [2.45, 2.75) is 26.3 Å². The van der Waals surface area contributed by atoms with Crippen molar-refractivity contribution in [1.82, 2.24) is 5.32 Å². The van der Waals surface area contributed by atoms with Crippen molar-refractivity contribution < 1.29 is 0 Å². The van der Waals surface area contributed by atoms with Gasteiger partial charge in [0, 0.05) is 13.8 Å². The molecular formula is C15H16Br3NS. The third kappa shape index (κ3) is 3.74. The van der Waals surface area contributed by atoms with E-state index in [-0.39, 0.29) is 6.04 Å². The summed E-state index contributed by atoms with van der Waals surface area (Å²) in [5.74, 6) is 0. The van der Waals surface area contributed by atoms with Gasteiger partial charge in [0.15, 0.2) is 0 Å². The first-order valence-electron chi connectivity index (χ1n) is 6.47. The first-order valence-corrected chi connectivity index (χ1v) is 9.67. The van der Waals surface area contributed by atoms with Crippen molar-refractivity contribution in [3.05, 3.63) is 53.0 Å². The van der Waals surface area contributed by atoms with Crippen LogP contribution in [-0.2, 0) is 0 Å². The predicted molar refractivity (Wildman–Crippen MR) is 98.7 cm³/mol. The highest BCUT2D eigenvalue weighted by atomic mass is 79.9. The maximum Gasteiger partial charge on any atom is 0.0843 e. The SMILES string of the molecule is CCCNC(c1cc(Br)c(Br)s1)c1cccc(Br)c1C. The Kier molecular flexibility index (Phi) is 6.29. The van der Waals surface area contributed by atoms with E-state index in [0.29, 0.717) is 0 Å². The molecule has 0 spiro atoms. The molecule has 1 unspecified atom stereocenters. The van der Waals surface area contributed by atoms with Crippen molar-refractivity contribution in [3.8, 4) is 0 Å². The van der Waals surface area contributed by atoms with Gasteiger partial charge in [-0.25, -0.2) is 0 Å². The van der Waals surface area contributed by atoms with Gasteiger partial charge in [0.25, 0.3) is 0 Å². The molecule has 0 saturated heterocycles. The maximum absolute atomic E-state index is 3.66. The van der Waals surface area contributed by atoms with Crippen LogP contribution in [0, 0.1) is 6.92 Å². The molecule has 1 N–H and O–H groups in total. The standard InChI is InChI=1S/C15H16Br3NS/c1-3-7-19-14(13-8-12(17)15(18)20-13)10-5-4-6-11(16)9(10)2/h4-6,8,14,19H,3,7H2,1-2H3. The van der Waals surface area contributed by atoms with Crippen LogP contribution in [0.3, 0.4) is 0 Å². The zero-order chi connectivity index (χ0) is 14.7. The second-order valence-electron chi connectivity index (χ2n) is 4.61. The fraction of sp³-hybridized carbons (Fsp3) is 0.333. The van der Waals surface area contributed by atoms with Gasteiger partial charge in [-0.1, -0.05) is 35.0 Å². The molecule has 1 aromatic heterocycles. The van der Waals surface area contributed by atoms with E-state index in [4.69, 9.17) is 0 Å². The fourth-order valence-electron chi connectivity index (χ4n) is 2.09. The summed E-state index contributed by atoms with van der Waals surface area (Å²) in [5.41, 5.74) is 2.62. The molecule has 1 aromatic carbocycles. The van der Waals surface area contributed by atoms with Crippen LogP contribution in [0.5, 0.6) is 0 Å². The molecule has 1 heterocycles. The maximum atomic E-state index is 3.66.